The predicted molar refractivity (Wildman–Crippen MR) is 86.2 cm³/mol. The van der Waals surface area contributed by atoms with Gasteiger partial charge in [-0.1, -0.05) is 35.5 Å². The Morgan fingerprint density at radius 2 is 2.10 bits per heavy atom. The van der Waals surface area contributed by atoms with Crippen molar-refractivity contribution in [3.05, 3.63) is 42.2 Å². The third kappa shape index (κ3) is 4.06. The average Bonchev–Trinajstić information content (AvgIpc) is 2.97. The molecule has 0 bridgehead atoms. The molecule has 1 saturated heterocycles. The molecule has 0 spiro atoms. The Morgan fingerprint density at radius 1 is 1.29 bits per heavy atom. The number of piperidine rings is 1. The minimum absolute atomic E-state index is 0. The first-order valence-electron chi connectivity index (χ1n) is 7.28. The molecule has 1 aliphatic rings. The zero-order valence-corrected chi connectivity index (χ0v) is 12.9. The Kier molecular flexibility index (Phi) is 5.79. The summed E-state index contributed by atoms with van der Waals surface area (Å²) in [6.45, 7) is 3.80. The number of benzene rings is 1. The molecular formula is C16H22ClN3O. The van der Waals surface area contributed by atoms with Crippen molar-refractivity contribution in [1.29, 1.82) is 0 Å². The van der Waals surface area contributed by atoms with Gasteiger partial charge in [-0.2, -0.15) is 0 Å². The molecule has 1 aliphatic heterocycles. The first kappa shape index (κ1) is 16.0. The number of nitrogens with two attached hydrogens (primary N) is 1. The van der Waals surface area contributed by atoms with Crippen LogP contribution in [0.25, 0.3) is 11.3 Å². The molecule has 1 fully saturated rings. The molecule has 1 aromatic heterocycles. The van der Waals surface area contributed by atoms with Crippen molar-refractivity contribution in [2.75, 3.05) is 19.6 Å². The standard InChI is InChI=1S/C16H21N3O.ClH/c17-10-13-5-4-8-19(11-13)12-15-9-16(18-20-15)14-6-2-1-3-7-14;/h1-3,6-7,9,13H,4-5,8,10-12,17H2;1H. The molecule has 0 radical (unpaired) electrons. The van der Waals surface area contributed by atoms with Crippen molar-refractivity contribution in [2.45, 2.75) is 19.4 Å². The van der Waals surface area contributed by atoms with Crippen LogP contribution in [0.15, 0.2) is 40.9 Å². The van der Waals surface area contributed by atoms with E-state index in [9.17, 15) is 0 Å². The van der Waals surface area contributed by atoms with Crippen molar-refractivity contribution in [3.63, 3.8) is 0 Å². The second-order valence-corrected chi connectivity index (χ2v) is 5.52. The quantitative estimate of drug-likeness (QED) is 0.943. The molecule has 114 valence electrons. The molecule has 21 heavy (non-hydrogen) atoms. The summed E-state index contributed by atoms with van der Waals surface area (Å²) in [6.07, 6.45) is 2.47. The number of hydrogen-bond acceptors (Lipinski definition) is 4. The van der Waals surface area contributed by atoms with E-state index in [4.69, 9.17) is 10.3 Å². The van der Waals surface area contributed by atoms with Gasteiger partial charge in [0, 0.05) is 18.2 Å². The Hall–Kier alpha value is -1.36. The summed E-state index contributed by atoms with van der Waals surface area (Å²) >= 11 is 0. The number of rotatable bonds is 4. The van der Waals surface area contributed by atoms with Crippen molar-refractivity contribution < 1.29 is 4.52 Å². The maximum absolute atomic E-state index is 5.78. The summed E-state index contributed by atoms with van der Waals surface area (Å²) in [5.41, 5.74) is 7.78. The van der Waals surface area contributed by atoms with E-state index in [1.54, 1.807) is 0 Å². The highest BCUT2D eigenvalue weighted by molar-refractivity contribution is 5.85. The van der Waals surface area contributed by atoms with Crippen LogP contribution in [0.4, 0.5) is 0 Å². The van der Waals surface area contributed by atoms with E-state index in [-0.39, 0.29) is 12.4 Å². The van der Waals surface area contributed by atoms with E-state index in [2.05, 4.69) is 10.1 Å². The van der Waals surface area contributed by atoms with Crippen LogP contribution in [0.1, 0.15) is 18.6 Å². The molecule has 1 unspecified atom stereocenters. The number of nitrogens with zero attached hydrogens (tertiary/aromatic N) is 2. The van der Waals surface area contributed by atoms with Crippen LogP contribution >= 0.6 is 12.4 Å². The molecule has 5 heteroatoms. The average molecular weight is 308 g/mol. The van der Waals surface area contributed by atoms with E-state index in [1.165, 1.54) is 12.8 Å². The van der Waals surface area contributed by atoms with Gasteiger partial charge in [0.1, 0.15) is 5.69 Å². The fraction of sp³-hybridized carbons (Fsp3) is 0.438. The van der Waals surface area contributed by atoms with Crippen LogP contribution < -0.4 is 5.73 Å². The van der Waals surface area contributed by atoms with Gasteiger partial charge >= 0.3 is 0 Å². The zero-order valence-electron chi connectivity index (χ0n) is 12.1. The number of aromatic nitrogens is 1. The van der Waals surface area contributed by atoms with Crippen LogP contribution in [0.5, 0.6) is 0 Å². The van der Waals surface area contributed by atoms with Gasteiger partial charge in [0.25, 0.3) is 0 Å². The second kappa shape index (κ2) is 7.59. The van der Waals surface area contributed by atoms with E-state index in [0.29, 0.717) is 5.92 Å². The number of likely N-dealkylation sites (tertiary alicyclic amines) is 1. The fourth-order valence-corrected chi connectivity index (χ4v) is 2.84. The molecule has 1 aromatic carbocycles. The summed E-state index contributed by atoms with van der Waals surface area (Å²) < 4.78 is 5.47. The van der Waals surface area contributed by atoms with Crippen LogP contribution in [-0.4, -0.2) is 29.7 Å². The summed E-state index contributed by atoms with van der Waals surface area (Å²) in [5, 5.41) is 4.16. The molecule has 0 saturated carbocycles. The predicted octanol–water partition coefficient (Wildman–Crippen LogP) is 2.93. The normalized spacial score (nSPS) is 19.2. The molecule has 2 N–H and O–H groups in total. The van der Waals surface area contributed by atoms with E-state index >= 15 is 0 Å². The molecule has 2 heterocycles. The Labute approximate surface area is 131 Å². The lowest BCUT2D eigenvalue weighted by Gasteiger charge is -2.31. The Morgan fingerprint density at radius 3 is 2.86 bits per heavy atom. The maximum Gasteiger partial charge on any atom is 0.151 e. The molecule has 0 amide bonds. The molecule has 4 nitrogen and oxygen atoms in total. The van der Waals surface area contributed by atoms with Gasteiger partial charge in [-0.3, -0.25) is 4.90 Å². The highest BCUT2D eigenvalue weighted by atomic mass is 35.5. The van der Waals surface area contributed by atoms with Crippen molar-refractivity contribution >= 4 is 12.4 Å². The molecule has 1 atom stereocenters. The molecule has 3 rings (SSSR count). The summed E-state index contributed by atoms with van der Waals surface area (Å²) in [7, 11) is 0. The first-order chi connectivity index (χ1) is 9.85. The highest BCUT2D eigenvalue weighted by Crippen LogP contribution is 2.21. The summed E-state index contributed by atoms with van der Waals surface area (Å²) in [5.74, 6) is 1.56. The van der Waals surface area contributed by atoms with Gasteiger partial charge in [-0.15, -0.1) is 12.4 Å². The number of hydrogen-bond donors (Lipinski definition) is 1. The third-order valence-electron chi connectivity index (χ3n) is 3.94. The lowest BCUT2D eigenvalue weighted by atomic mass is 9.98. The van der Waals surface area contributed by atoms with Crippen LogP contribution in [0.2, 0.25) is 0 Å². The molecule has 0 aliphatic carbocycles. The topological polar surface area (TPSA) is 55.3 Å². The second-order valence-electron chi connectivity index (χ2n) is 5.52. The van der Waals surface area contributed by atoms with E-state index in [0.717, 1.165) is 43.2 Å². The van der Waals surface area contributed by atoms with Crippen molar-refractivity contribution in [1.82, 2.24) is 10.1 Å². The van der Waals surface area contributed by atoms with Gasteiger partial charge in [0.15, 0.2) is 5.76 Å². The third-order valence-corrected chi connectivity index (χ3v) is 3.94. The summed E-state index contributed by atoms with van der Waals surface area (Å²) in [6, 6.07) is 12.2. The SMILES string of the molecule is Cl.NCC1CCCN(Cc2cc(-c3ccccc3)no2)C1. The Balaban J connectivity index is 0.00000161. The summed E-state index contributed by atoms with van der Waals surface area (Å²) in [4.78, 5) is 2.41. The maximum atomic E-state index is 5.78. The van der Waals surface area contributed by atoms with Crippen LogP contribution in [0.3, 0.4) is 0 Å². The van der Waals surface area contributed by atoms with Crippen LogP contribution in [-0.2, 0) is 6.54 Å². The first-order valence-corrected chi connectivity index (χ1v) is 7.28. The van der Waals surface area contributed by atoms with Gasteiger partial charge in [0.2, 0.25) is 0 Å². The fourth-order valence-electron chi connectivity index (χ4n) is 2.84. The lowest BCUT2D eigenvalue weighted by Crippen LogP contribution is -2.37. The van der Waals surface area contributed by atoms with Gasteiger partial charge in [0.05, 0.1) is 6.54 Å². The van der Waals surface area contributed by atoms with E-state index < -0.39 is 0 Å². The highest BCUT2D eigenvalue weighted by Gasteiger charge is 2.20. The van der Waals surface area contributed by atoms with Crippen molar-refractivity contribution in [3.8, 4) is 11.3 Å². The van der Waals surface area contributed by atoms with Gasteiger partial charge in [-0.05, 0) is 31.8 Å². The largest absolute Gasteiger partial charge is 0.359 e. The monoisotopic (exact) mass is 307 g/mol. The zero-order chi connectivity index (χ0) is 13.8. The Bertz CT molecular complexity index is 543. The van der Waals surface area contributed by atoms with Gasteiger partial charge in [-0.25, -0.2) is 0 Å². The van der Waals surface area contributed by atoms with E-state index in [1.807, 2.05) is 36.4 Å². The van der Waals surface area contributed by atoms with Gasteiger partial charge < -0.3 is 10.3 Å². The molecule has 2 aromatic rings. The molecular weight excluding hydrogens is 286 g/mol. The lowest BCUT2D eigenvalue weighted by molar-refractivity contribution is 0.156. The number of halogens is 1. The minimum Gasteiger partial charge on any atom is -0.359 e. The van der Waals surface area contributed by atoms with Crippen molar-refractivity contribution in [2.24, 2.45) is 11.7 Å². The van der Waals surface area contributed by atoms with Crippen LogP contribution in [0, 0.1) is 5.92 Å². The smallest absolute Gasteiger partial charge is 0.151 e. The minimum atomic E-state index is 0.